The summed E-state index contributed by atoms with van der Waals surface area (Å²) in [6.07, 6.45) is 5.44. The zero-order valence-electron chi connectivity index (χ0n) is 11.1. The van der Waals surface area contributed by atoms with Gasteiger partial charge >= 0.3 is 0 Å². The molecule has 114 valence electrons. The minimum atomic E-state index is -0.0756. The van der Waals surface area contributed by atoms with E-state index in [0.29, 0.717) is 0 Å². The highest BCUT2D eigenvalue weighted by Gasteiger charge is 2.15. The van der Waals surface area contributed by atoms with Crippen molar-refractivity contribution in [3.05, 3.63) is 48.0 Å². The van der Waals surface area contributed by atoms with Crippen molar-refractivity contribution in [3.8, 4) is 0 Å². The van der Waals surface area contributed by atoms with E-state index in [9.17, 15) is 0 Å². The van der Waals surface area contributed by atoms with Crippen LogP contribution in [0.4, 0.5) is 0 Å². The van der Waals surface area contributed by atoms with Gasteiger partial charge in [-0.3, -0.25) is 4.99 Å². The zero-order valence-corrected chi connectivity index (χ0v) is 13.6. The number of dihydropyridines is 1. The van der Waals surface area contributed by atoms with Gasteiger partial charge in [-0.25, -0.2) is 0 Å². The lowest BCUT2D eigenvalue weighted by molar-refractivity contribution is 1.13. The first-order valence-electron chi connectivity index (χ1n) is 5.77. The van der Waals surface area contributed by atoms with Crippen LogP contribution >= 0.6 is 36.6 Å². The number of rotatable bonds is 4. The van der Waals surface area contributed by atoms with Crippen LogP contribution in [0.1, 0.15) is 5.56 Å². The van der Waals surface area contributed by atoms with Crippen molar-refractivity contribution >= 4 is 54.5 Å². The molecule has 5 nitrogen and oxygen atoms in total. The molecule has 0 radical (unpaired) electrons. The van der Waals surface area contributed by atoms with Crippen molar-refractivity contribution in [3.63, 3.8) is 0 Å². The quantitative estimate of drug-likeness (QED) is 0.498. The molecule has 1 atom stereocenters. The van der Waals surface area contributed by atoms with Gasteiger partial charge in [0.05, 0.1) is 5.71 Å². The first-order chi connectivity index (χ1) is 9.25. The summed E-state index contributed by atoms with van der Waals surface area (Å²) in [6, 6.07) is 10.2. The third-order valence-corrected chi connectivity index (χ3v) is 3.54. The average molecular weight is 346 g/mol. The van der Waals surface area contributed by atoms with Gasteiger partial charge in [0.15, 0.2) is 0 Å². The summed E-state index contributed by atoms with van der Waals surface area (Å²) in [5, 5.41) is 7.61. The maximum Gasteiger partial charge on any atom is 0.211 e. The lowest BCUT2D eigenvalue weighted by atomic mass is 10.2. The van der Waals surface area contributed by atoms with Crippen LogP contribution in [0.5, 0.6) is 0 Å². The number of guanidine groups is 1. The summed E-state index contributed by atoms with van der Waals surface area (Å²) in [6.45, 7) is 0. The second-order valence-corrected chi connectivity index (χ2v) is 4.92. The molecule has 0 aliphatic carbocycles. The number of allylic oxidation sites excluding steroid dienone is 1. The molecule has 1 unspecified atom stereocenters. The molecule has 0 amide bonds. The van der Waals surface area contributed by atoms with Crippen LogP contribution in [0.15, 0.2) is 57.7 Å². The maximum absolute atomic E-state index is 5.27. The van der Waals surface area contributed by atoms with E-state index in [1.54, 1.807) is 18.0 Å². The molecule has 4 N–H and O–H groups in total. The number of halogens is 2. The van der Waals surface area contributed by atoms with Crippen molar-refractivity contribution in [1.29, 1.82) is 0 Å². The molecule has 1 aliphatic rings. The molecule has 0 saturated carbocycles. The lowest BCUT2D eigenvalue weighted by Crippen LogP contribution is -2.23. The van der Waals surface area contributed by atoms with Gasteiger partial charge in [-0.1, -0.05) is 30.3 Å². The fraction of sp³-hybridized carbons (Fsp3) is 0.154. The third-order valence-electron chi connectivity index (χ3n) is 2.36. The molecule has 8 heteroatoms. The van der Waals surface area contributed by atoms with Crippen LogP contribution in [0.25, 0.3) is 0 Å². The largest absolute Gasteiger partial charge is 0.369 e. The number of nitrogens with zero attached hydrogens (tertiary/aromatic N) is 3. The molecule has 0 spiro atoms. The van der Waals surface area contributed by atoms with E-state index < -0.39 is 0 Å². The Hall–Kier alpha value is -1.50. The first kappa shape index (κ1) is 19.5. The van der Waals surface area contributed by atoms with Crippen LogP contribution in [-0.2, 0) is 5.75 Å². The molecule has 0 fully saturated rings. The smallest absolute Gasteiger partial charge is 0.211 e. The number of hydrogen-bond acceptors (Lipinski definition) is 4. The van der Waals surface area contributed by atoms with Crippen molar-refractivity contribution < 1.29 is 0 Å². The summed E-state index contributed by atoms with van der Waals surface area (Å²) >= 11 is 1.68. The van der Waals surface area contributed by atoms with E-state index >= 15 is 0 Å². The predicted octanol–water partition coefficient (Wildman–Crippen LogP) is 2.36. The third kappa shape index (κ3) is 6.66. The highest BCUT2D eigenvalue weighted by molar-refractivity contribution is 7.99. The summed E-state index contributed by atoms with van der Waals surface area (Å²) in [5.74, 6) is 0.805. The minimum Gasteiger partial charge on any atom is -0.369 e. The first-order valence-corrected chi connectivity index (χ1v) is 6.82. The Bertz CT molecular complexity index is 539. The molecule has 0 bridgehead atoms. The Kier molecular flexibility index (Phi) is 9.53. The number of nitrogens with two attached hydrogens (primary N) is 2. The van der Waals surface area contributed by atoms with Gasteiger partial charge in [0.1, 0.15) is 5.37 Å². The van der Waals surface area contributed by atoms with E-state index in [1.807, 2.05) is 30.4 Å². The Labute approximate surface area is 140 Å². The molecule has 1 aromatic rings. The van der Waals surface area contributed by atoms with Gasteiger partial charge in [-0.05, 0) is 17.7 Å². The van der Waals surface area contributed by atoms with Crippen LogP contribution in [0, 0.1) is 0 Å². The second kappa shape index (κ2) is 10.3. The second-order valence-electron chi connectivity index (χ2n) is 3.86. The van der Waals surface area contributed by atoms with Crippen LogP contribution in [0.2, 0.25) is 0 Å². The highest BCUT2D eigenvalue weighted by Crippen LogP contribution is 2.22. The summed E-state index contributed by atoms with van der Waals surface area (Å²) in [5.41, 5.74) is 12.5. The molecular formula is C13H17Cl2N5S. The van der Waals surface area contributed by atoms with Crippen molar-refractivity contribution in [2.75, 3.05) is 0 Å². The molecule has 0 saturated heterocycles. The fourth-order valence-corrected chi connectivity index (χ4v) is 2.50. The average Bonchev–Trinajstić information content (AvgIpc) is 2.45. The van der Waals surface area contributed by atoms with Crippen LogP contribution in [0.3, 0.4) is 0 Å². The van der Waals surface area contributed by atoms with Gasteiger partial charge in [0.25, 0.3) is 0 Å². The molecular weight excluding hydrogens is 329 g/mol. The number of hydrogen-bond donors (Lipinski definition) is 2. The summed E-state index contributed by atoms with van der Waals surface area (Å²) in [7, 11) is 0. The Balaban J connectivity index is 0.00000200. The van der Waals surface area contributed by atoms with E-state index in [0.717, 1.165) is 11.5 Å². The fourth-order valence-electron chi connectivity index (χ4n) is 1.50. The number of thioether (sulfide) groups is 1. The minimum absolute atomic E-state index is 0. The van der Waals surface area contributed by atoms with Gasteiger partial charge in [-0.2, -0.15) is 0 Å². The van der Waals surface area contributed by atoms with Crippen molar-refractivity contribution in [2.45, 2.75) is 11.1 Å². The molecule has 1 heterocycles. The summed E-state index contributed by atoms with van der Waals surface area (Å²) < 4.78 is 0. The molecule has 21 heavy (non-hydrogen) atoms. The topological polar surface area (TPSA) is 89.1 Å². The van der Waals surface area contributed by atoms with Crippen LogP contribution in [-0.4, -0.2) is 23.3 Å². The van der Waals surface area contributed by atoms with E-state index in [4.69, 9.17) is 11.5 Å². The number of benzene rings is 1. The van der Waals surface area contributed by atoms with E-state index in [-0.39, 0.29) is 36.1 Å². The number of aliphatic imine (C=N–C) groups is 1. The van der Waals surface area contributed by atoms with E-state index in [1.165, 1.54) is 5.56 Å². The van der Waals surface area contributed by atoms with Gasteiger partial charge in [0.2, 0.25) is 5.96 Å². The van der Waals surface area contributed by atoms with Crippen molar-refractivity contribution in [2.24, 2.45) is 26.7 Å². The van der Waals surface area contributed by atoms with E-state index in [2.05, 4.69) is 27.3 Å². The van der Waals surface area contributed by atoms with Gasteiger partial charge < -0.3 is 11.5 Å². The maximum atomic E-state index is 5.27. The summed E-state index contributed by atoms with van der Waals surface area (Å²) in [4.78, 5) is 4.37. The molecule has 0 aromatic heterocycles. The SMILES string of the molecule is Cl.Cl.NC(N)=NN=C1C=CC=NC1SCc1ccccc1. The van der Waals surface area contributed by atoms with Gasteiger partial charge in [0, 0.05) is 12.0 Å². The zero-order chi connectivity index (χ0) is 13.5. The monoisotopic (exact) mass is 345 g/mol. The highest BCUT2D eigenvalue weighted by atomic mass is 35.5. The standard InChI is InChI=1S/C13H15N5S.2ClH/c14-13(15)18-17-11-7-4-8-16-12(11)19-9-10-5-2-1-3-6-10;;/h1-8,12H,9H2,(H4,14,15,18);2*1H. The molecule has 1 aromatic carbocycles. The lowest BCUT2D eigenvalue weighted by Gasteiger charge is -2.13. The normalized spacial score (nSPS) is 17.7. The molecule has 2 rings (SSSR count). The van der Waals surface area contributed by atoms with Crippen LogP contribution < -0.4 is 11.5 Å². The molecule has 1 aliphatic heterocycles. The van der Waals surface area contributed by atoms with Gasteiger partial charge in [-0.15, -0.1) is 46.8 Å². The Morgan fingerprint density at radius 1 is 1.19 bits per heavy atom. The van der Waals surface area contributed by atoms with Crippen molar-refractivity contribution in [1.82, 2.24) is 0 Å². The predicted molar refractivity (Wildman–Crippen MR) is 96.9 cm³/mol. The Morgan fingerprint density at radius 2 is 1.90 bits per heavy atom. The Morgan fingerprint density at radius 3 is 2.57 bits per heavy atom.